The average Bonchev–Trinajstić information content (AvgIpc) is 2.93. The Kier molecular flexibility index (Phi) is 2.33. The normalized spacial score (nSPS) is 13.8. The summed E-state index contributed by atoms with van der Waals surface area (Å²) in [5.74, 6) is -0.0267. The zero-order chi connectivity index (χ0) is 11.8. The van der Waals surface area contributed by atoms with Gasteiger partial charge in [-0.1, -0.05) is 24.3 Å². The molecule has 2 aromatic rings. The van der Waals surface area contributed by atoms with Gasteiger partial charge in [-0.05, 0) is 22.7 Å². The van der Waals surface area contributed by atoms with Gasteiger partial charge in [0.1, 0.15) is 4.88 Å². The molecule has 86 valence electrons. The second-order valence-electron chi connectivity index (χ2n) is 4.04. The summed E-state index contributed by atoms with van der Waals surface area (Å²) in [7, 11) is 0. The Morgan fingerprint density at radius 3 is 2.47 bits per heavy atom. The standard InChI is InChI=1S/C12H11N3OS/c13-10-5-14-17-11(10)12(16)15-6-8-3-1-2-4-9(8)7-15/h1-5H,6-7,13H2. The van der Waals surface area contributed by atoms with E-state index in [0.717, 1.165) is 11.5 Å². The van der Waals surface area contributed by atoms with Gasteiger partial charge in [0, 0.05) is 13.1 Å². The number of hydrogen-bond donors (Lipinski definition) is 1. The largest absolute Gasteiger partial charge is 0.396 e. The topological polar surface area (TPSA) is 59.2 Å². The molecule has 17 heavy (non-hydrogen) atoms. The number of carbonyl (C=O) groups excluding carboxylic acids is 1. The third-order valence-corrected chi connectivity index (χ3v) is 3.72. The van der Waals surface area contributed by atoms with E-state index in [1.54, 1.807) is 4.90 Å². The van der Waals surface area contributed by atoms with Crippen LogP contribution >= 0.6 is 11.5 Å². The predicted octanol–water partition coefficient (Wildman–Crippen LogP) is 1.88. The van der Waals surface area contributed by atoms with Crippen LogP contribution in [0, 0.1) is 0 Å². The summed E-state index contributed by atoms with van der Waals surface area (Å²) in [6.07, 6.45) is 1.53. The summed E-state index contributed by atoms with van der Waals surface area (Å²) >= 11 is 1.16. The molecule has 3 rings (SSSR count). The smallest absolute Gasteiger partial charge is 0.268 e. The lowest BCUT2D eigenvalue weighted by Gasteiger charge is -2.14. The van der Waals surface area contributed by atoms with Crippen LogP contribution in [0.2, 0.25) is 0 Å². The first-order chi connectivity index (χ1) is 8.25. The van der Waals surface area contributed by atoms with Crippen LogP contribution in [0.25, 0.3) is 0 Å². The number of rotatable bonds is 1. The lowest BCUT2D eigenvalue weighted by molar-refractivity contribution is 0.0757. The molecule has 0 fully saturated rings. The first-order valence-corrected chi connectivity index (χ1v) is 6.09. The van der Waals surface area contributed by atoms with Gasteiger partial charge in [-0.3, -0.25) is 4.79 Å². The van der Waals surface area contributed by atoms with Crippen LogP contribution in [0.3, 0.4) is 0 Å². The summed E-state index contributed by atoms with van der Waals surface area (Å²) < 4.78 is 3.93. The van der Waals surface area contributed by atoms with Gasteiger partial charge in [0.05, 0.1) is 11.9 Å². The number of benzene rings is 1. The molecule has 5 heteroatoms. The minimum atomic E-state index is -0.0267. The zero-order valence-electron chi connectivity index (χ0n) is 9.09. The van der Waals surface area contributed by atoms with Crippen molar-refractivity contribution in [1.82, 2.24) is 9.27 Å². The molecule has 0 spiro atoms. The Morgan fingerprint density at radius 1 is 1.29 bits per heavy atom. The molecule has 1 amide bonds. The number of amides is 1. The fraction of sp³-hybridized carbons (Fsp3) is 0.167. The molecule has 0 saturated heterocycles. The highest BCUT2D eigenvalue weighted by molar-refractivity contribution is 7.08. The van der Waals surface area contributed by atoms with Crippen LogP contribution in [-0.2, 0) is 13.1 Å². The van der Waals surface area contributed by atoms with Gasteiger partial charge in [0.2, 0.25) is 0 Å². The molecule has 0 bridgehead atoms. The molecule has 2 N–H and O–H groups in total. The Bertz CT molecular complexity index is 554. The lowest BCUT2D eigenvalue weighted by Crippen LogP contribution is -2.25. The highest BCUT2D eigenvalue weighted by atomic mass is 32.1. The SMILES string of the molecule is Nc1cnsc1C(=O)N1Cc2ccccc2C1. The van der Waals surface area contributed by atoms with Crippen molar-refractivity contribution >= 4 is 23.1 Å². The van der Waals surface area contributed by atoms with Crippen LogP contribution in [0.5, 0.6) is 0 Å². The monoisotopic (exact) mass is 245 g/mol. The van der Waals surface area contributed by atoms with Crippen molar-refractivity contribution < 1.29 is 4.79 Å². The van der Waals surface area contributed by atoms with E-state index in [2.05, 4.69) is 16.5 Å². The maximum atomic E-state index is 12.2. The molecule has 0 saturated carbocycles. The number of nitrogens with zero attached hydrogens (tertiary/aromatic N) is 2. The molecule has 0 unspecified atom stereocenters. The number of fused-ring (bicyclic) bond motifs is 1. The molecule has 1 aliphatic heterocycles. The fourth-order valence-corrected chi connectivity index (χ4v) is 2.67. The van der Waals surface area contributed by atoms with Crippen LogP contribution in [0.1, 0.15) is 20.8 Å². The fourth-order valence-electron chi connectivity index (χ4n) is 2.03. The van der Waals surface area contributed by atoms with Gasteiger partial charge in [-0.15, -0.1) is 0 Å². The lowest BCUT2D eigenvalue weighted by atomic mass is 10.1. The first kappa shape index (κ1) is 10.3. The summed E-state index contributed by atoms with van der Waals surface area (Å²) in [6, 6.07) is 8.10. The van der Waals surface area contributed by atoms with E-state index in [4.69, 9.17) is 5.73 Å². The first-order valence-electron chi connectivity index (χ1n) is 5.32. The molecule has 2 heterocycles. The molecule has 1 aromatic carbocycles. The Balaban J connectivity index is 1.86. The number of nitrogen functional groups attached to an aromatic ring is 1. The van der Waals surface area contributed by atoms with Gasteiger partial charge < -0.3 is 10.6 Å². The van der Waals surface area contributed by atoms with Crippen molar-refractivity contribution in [2.45, 2.75) is 13.1 Å². The van der Waals surface area contributed by atoms with Crippen LogP contribution in [0.15, 0.2) is 30.5 Å². The minimum absolute atomic E-state index is 0.0267. The Labute approximate surface area is 103 Å². The predicted molar refractivity (Wildman–Crippen MR) is 66.5 cm³/mol. The number of nitrogens with two attached hydrogens (primary N) is 1. The third-order valence-electron chi connectivity index (χ3n) is 2.92. The van der Waals surface area contributed by atoms with E-state index in [1.165, 1.54) is 17.3 Å². The van der Waals surface area contributed by atoms with E-state index in [-0.39, 0.29) is 5.91 Å². The molecule has 4 nitrogen and oxygen atoms in total. The van der Waals surface area contributed by atoms with E-state index in [0.29, 0.717) is 23.7 Å². The molecule has 1 aliphatic rings. The second kappa shape index (κ2) is 3.85. The highest BCUT2D eigenvalue weighted by Gasteiger charge is 2.26. The summed E-state index contributed by atoms with van der Waals surface area (Å²) in [6.45, 7) is 1.32. The zero-order valence-corrected chi connectivity index (χ0v) is 9.91. The van der Waals surface area contributed by atoms with Crippen molar-refractivity contribution in [3.8, 4) is 0 Å². The van der Waals surface area contributed by atoms with Crippen molar-refractivity contribution in [2.75, 3.05) is 5.73 Å². The maximum Gasteiger partial charge on any atom is 0.268 e. The van der Waals surface area contributed by atoms with E-state index in [1.807, 2.05) is 12.1 Å². The average molecular weight is 245 g/mol. The van der Waals surface area contributed by atoms with Gasteiger partial charge in [0.15, 0.2) is 0 Å². The van der Waals surface area contributed by atoms with Crippen molar-refractivity contribution in [2.24, 2.45) is 0 Å². The molecular formula is C12H11N3OS. The minimum Gasteiger partial charge on any atom is -0.396 e. The van der Waals surface area contributed by atoms with Crippen LogP contribution in [-0.4, -0.2) is 15.2 Å². The molecular weight excluding hydrogens is 234 g/mol. The summed E-state index contributed by atoms with van der Waals surface area (Å²) in [5, 5.41) is 0. The second-order valence-corrected chi connectivity index (χ2v) is 4.84. The van der Waals surface area contributed by atoms with Crippen LogP contribution in [0.4, 0.5) is 5.69 Å². The third kappa shape index (κ3) is 1.68. The Morgan fingerprint density at radius 2 is 1.94 bits per heavy atom. The van der Waals surface area contributed by atoms with Crippen LogP contribution < -0.4 is 5.73 Å². The molecule has 0 aliphatic carbocycles. The number of aromatic nitrogens is 1. The quantitative estimate of drug-likeness (QED) is 0.834. The van der Waals surface area contributed by atoms with E-state index >= 15 is 0 Å². The van der Waals surface area contributed by atoms with Gasteiger partial charge >= 0.3 is 0 Å². The summed E-state index contributed by atoms with van der Waals surface area (Å²) in [4.78, 5) is 14.6. The van der Waals surface area contributed by atoms with Gasteiger partial charge in [0.25, 0.3) is 5.91 Å². The highest BCUT2D eigenvalue weighted by Crippen LogP contribution is 2.26. The van der Waals surface area contributed by atoms with Crippen molar-refractivity contribution in [3.63, 3.8) is 0 Å². The maximum absolute atomic E-state index is 12.2. The molecule has 0 radical (unpaired) electrons. The number of anilines is 1. The number of carbonyl (C=O) groups is 1. The summed E-state index contributed by atoms with van der Waals surface area (Å²) in [5.41, 5.74) is 8.61. The van der Waals surface area contributed by atoms with Gasteiger partial charge in [-0.2, -0.15) is 4.37 Å². The molecule has 0 atom stereocenters. The van der Waals surface area contributed by atoms with Gasteiger partial charge in [-0.25, -0.2) is 0 Å². The van der Waals surface area contributed by atoms with E-state index < -0.39 is 0 Å². The number of hydrogen-bond acceptors (Lipinski definition) is 4. The van der Waals surface area contributed by atoms with Crippen molar-refractivity contribution in [1.29, 1.82) is 0 Å². The van der Waals surface area contributed by atoms with E-state index in [9.17, 15) is 4.79 Å². The molecule has 1 aromatic heterocycles. The Hall–Kier alpha value is -1.88. The van der Waals surface area contributed by atoms with Crippen molar-refractivity contribution in [3.05, 3.63) is 46.5 Å².